The first-order chi connectivity index (χ1) is 10.6. The van der Waals surface area contributed by atoms with E-state index >= 15 is 0 Å². The molecule has 120 valence electrons. The molecule has 1 aliphatic rings. The molecule has 1 aliphatic heterocycles. The summed E-state index contributed by atoms with van der Waals surface area (Å²) in [6, 6.07) is 6.44. The first kappa shape index (κ1) is 16.8. The molecule has 22 heavy (non-hydrogen) atoms. The van der Waals surface area contributed by atoms with Gasteiger partial charge in [0, 0.05) is 6.54 Å². The normalized spacial score (nSPS) is 17.5. The van der Waals surface area contributed by atoms with E-state index in [1.165, 1.54) is 0 Å². The number of carbonyl (C=O) groups excluding carboxylic acids is 2. The van der Waals surface area contributed by atoms with Crippen LogP contribution >= 0.6 is 11.6 Å². The summed E-state index contributed by atoms with van der Waals surface area (Å²) >= 11 is 6.08. The van der Waals surface area contributed by atoms with Crippen molar-refractivity contribution in [3.05, 3.63) is 34.9 Å². The van der Waals surface area contributed by atoms with E-state index < -0.39 is 6.04 Å². The fourth-order valence-electron chi connectivity index (χ4n) is 2.67. The Bertz CT molecular complexity index is 532. The molecule has 4 nitrogen and oxygen atoms in total. The molecule has 1 atom stereocenters. The molecule has 0 spiro atoms. The number of halogens is 1. The van der Waals surface area contributed by atoms with Crippen molar-refractivity contribution in [2.75, 3.05) is 13.2 Å². The van der Waals surface area contributed by atoms with E-state index in [0.29, 0.717) is 30.2 Å². The topological polar surface area (TPSA) is 46.6 Å². The lowest BCUT2D eigenvalue weighted by Crippen LogP contribution is -2.41. The van der Waals surface area contributed by atoms with Crippen molar-refractivity contribution in [2.24, 2.45) is 0 Å². The Balaban J connectivity index is 1.99. The summed E-state index contributed by atoms with van der Waals surface area (Å²) in [5.74, 6) is -0.493. The SMILES string of the molecule is CCCCCOC(=O)C1CCCN1C(=O)c1ccccc1Cl. The number of unbranched alkanes of at least 4 members (excludes halogenated alkanes) is 2. The summed E-state index contributed by atoms with van der Waals surface area (Å²) in [6.45, 7) is 3.10. The van der Waals surface area contributed by atoms with Crippen LogP contribution in [-0.4, -0.2) is 36.0 Å². The second-order valence-corrected chi connectivity index (χ2v) is 5.92. The second kappa shape index (κ2) is 8.18. The van der Waals surface area contributed by atoms with Crippen LogP contribution in [0.4, 0.5) is 0 Å². The van der Waals surface area contributed by atoms with Gasteiger partial charge in [-0.05, 0) is 31.4 Å². The lowest BCUT2D eigenvalue weighted by atomic mass is 10.1. The zero-order valence-electron chi connectivity index (χ0n) is 12.9. The minimum atomic E-state index is -0.481. The van der Waals surface area contributed by atoms with Gasteiger partial charge in [-0.25, -0.2) is 4.79 Å². The molecule has 0 saturated carbocycles. The van der Waals surface area contributed by atoms with Gasteiger partial charge in [-0.3, -0.25) is 4.79 Å². The molecular weight excluding hydrogens is 302 g/mol. The highest BCUT2D eigenvalue weighted by atomic mass is 35.5. The molecule has 2 rings (SSSR count). The summed E-state index contributed by atoms with van der Waals surface area (Å²) in [4.78, 5) is 26.4. The number of nitrogens with zero attached hydrogens (tertiary/aromatic N) is 1. The molecule has 5 heteroatoms. The zero-order valence-corrected chi connectivity index (χ0v) is 13.6. The predicted molar refractivity (Wildman–Crippen MR) is 86.0 cm³/mol. The number of carbonyl (C=O) groups is 2. The molecule has 1 fully saturated rings. The van der Waals surface area contributed by atoms with E-state index in [1.54, 1.807) is 29.2 Å². The number of likely N-dealkylation sites (tertiary alicyclic amines) is 1. The van der Waals surface area contributed by atoms with Crippen LogP contribution in [0.25, 0.3) is 0 Å². The van der Waals surface area contributed by atoms with E-state index in [0.717, 1.165) is 25.7 Å². The van der Waals surface area contributed by atoms with Crippen LogP contribution in [0.15, 0.2) is 24.3 Å². The zero-order chi connectivity index (χ0) is 15.9. The molecule has 1 aromatic carbocycles. The number of benzene rings is 1. The Morgan fingerprint density at radius 1 is 1.32 bits per heavy atom. The number of ether oxygens (including phenoxy) is 1. The number of amides is 1. The van der Waals surface area contributed by atoms with Gasteiger partial charge in [0.2, 0.25) is 0 Å². The predicted octanol–water partition coefficient (Wildman–Crippen LogP) is 3.68. The van der Waals surface area contributed by atoms with Crippen molar-refractivity contribution in [1.29, 1.82) is 0 Å². The van der Waals surface area contributed by atoms with Crippen LogP contribution in [0, 0.1) is 0 Å². The molecule has 0 aromatic heterocycles. The highest BCUT2D eigenvalue weighted by Crippen LogP contribution is 2.24. The molecule has 1 heterocycles. The second-order valence-electron chi connectivity index (χ2n) is 5.51. The minimum Gasteiger partial charge on any atom is -0.464 e. The Labute approximate surface area is 136 Å². The first-order valence-corrected chi connectivity index (χ1v) is 8.25. The largest absolute Gasteiger partial charge is 0.464 e. The quantitative estimate of drug-likeness (QED) is 0.592. The average molecular weight is 324 g/mol. The van der Waals surface area contributed by atoms with E-state index in [4.69, 9.17) is 16.3 Å². The number of rotatable bonds is 6. The number of hydrogen-bond acceptors (Lipinski definition) is 3. The van der Waals surface area contributed by atoms with Crippen molar-refractivity contribution in [1.82, 2.24) is 4.90 Å². The molecule has 1 saturated heterocycles. The van der Waals surface area contributed by atoms with Gasteiger partial charge in [-0.1, -0.05) is 43.5 Å². The third-order valence-electron chi connectivity index (χ3n) is 3.88. The van der Waals surface area contributed by atoms with Gasteiger partial charge in [0.1, 0.15) is 6.04 Å². The van der Waals surface area contributed by atoms with Crippen molar-refractivity contribution >= 4 is 23.5 Å². The fourth-order valence-corrected chi connectivity index (χ4v) is 2.88. The van der Waals surface area contributed by atoms with Crippen molar-refractivity contribution in [2.45, 2.75) is 45.1 Å². The molecule has 0 N–H and O–H groups in total. The number of esters is 1. The molecule has 1 amide bonds. The fraction of sp³-hybridized carbons (Fsp3) is 0.529. The highest BCUT2D eigenvalue weighted by Gasteiger charge is 2.36. The van der Waals surface area contributed by atoms with E-state index in [2.05, 4.69) is 6.92 Å². The smallest absolute Gasteiger partial charge is 0.328 e. The van der Waals surface area contributed by atoms with E-state index in [9.17, 15) is 9.59 Å². The highest BCUT2D eigenvalue weighted by molar-refractivity contribution is 6.33. The Morgan fingerprint density at radius 3 is 2.82 bits per heavy atom. The minimum absolute atomic E-state index is 0.196. The van der Waals surface area contributed by atoms with E-state index in [-0.39, 0.29) is 11.9 Å². The van der Waals surface area contributed by atoms with Crippen molar-refractivity contribution in [3.8, 4) is 0 Å². The first-order valence-electron chi connectivity index (χ1n) is 7.87. The maximum absolute atomic E-state index is 12.6. The summed E-state index contributed by atoms with van der Waals surface area (Å²) in [7, 11) is 0. The molecule has 0 bridgehead atoms. The van der Waals surface area contributed by atoms with Gasteiger partial charge in [0.05, 0.1) is 17.2 Å². The maximum Gasteiger partial charge on any atom is 0.328 e. The Kier molecular flexibility index (Phi) is 6.25. The van der Waals surface area contributed by atoms with Crippen LogP contribution in [0.1, 0.15) is 49.4 Å². The standard InChI is InChI=1S/C17H22ClNO3/c1-2-3-6-12-22-17(21)15-10-7-11-19(15)16(20)13-8-4-5-9-14(13)18/h4-5,8-9,15H,2-3,6-7,10-12H2,1H3. The summed E-state index contributed by atoms with van der Waals surface area (Å²) in [5, 5.41) is 0.412. The van der Waals surface area contributed by atoms with Crippen LogP contribution < -0.4 is 0 Å². The third kappa shape index (κ3) is 4.01. The van der Waals surface area contributed by atoms with E-state index in [1.807, 2.05) is 0 Å². The van der Waals surface area contributed by atoms with Crippen LogP contribution in [-0.2, 0) is 9.53 Å². The van der Waals surface area contributed by atoms with Gasteiger partial charge in [-0.2, -0.15) is 0 Å². The molecular formula is C17H22ClNO3. The summed E-state index contributed by atoms with van der Waals surface area (Å²) < 4.78 is 5.31. The van der Waals surface area contributed by atoms with Gasteiger partial charge >= 0.3 is 5.97 Å². The van der Waals surface area contributed by atoms with Crippen molar-refractivity contribution in [3.63, 3.8) is 0 Å². The van der Waals surface area contributed by atoms with Gasteiger partial charge in [0.15, 0.2) is 0 Å². The van der Waals surface area contributed by atoms with Crippen LogP contribution in [0.5, 0.6) is 0 Å². The average Bonchev–Trinajstić information content (AvgIpc) is 3.01. The Hall–Kier alpha value is -1.55. The van der Waals surface area contributed by atoms with Gasteiger partial charge < -0.3 is 9.64 Å². The summed E-state index contributed by atoms with van der Waals surface area (Å²) in [5.41, 5.74) is 0.440. The van der Waals surface area contributed by atoms with Gasteiger partial charge in [0.25, 0.3) is 5.91 Å². The molecule has 0 aliphatic carbocycles. The maximum atomic E-state index is 12.6. The Morgan fingerprint density at radius 2 is 2.09 bits per heavy atom. The van der Waals surface area contributed by atoms with Gasteiger partial charge in [-0.15, -0.1) is 0 Å². The monoisotopic (exact) mass is 323 g/mol. The molecule has 1 aromatic rings. The summed E-state index contributed by atoms with van der Waals surface area (Å²) in [6.07, 6.45) is 4.46. The number of hydrogen-bond donors (Lipinski definition) is 0. The third-order valence-corrected chi connectivity index (χ3v) is 4.21. The molecule has 0 radical (unpaired) electrons. The van der Waals surface area contributed by atoms with Crippen LogP contribution in [0.3, 0.4) is 0 Å². The lowest BCUT2D eigenvalue weighted by Gasteiger charge is -2.23. The lowest BCUT2D eigenvalue weighted by molar-refractivity contribution is -0.148. The van der Waals surface area contributed by atoms with Crippen LogP contribution in [0.2, 0.25) is 5.02 Å². The molecule has 1 unspecified atom stereocenters. The van der Waals surface area contributed by atoms with Crippen molar-refractivity contribution < 1.29 is 14.3 Å².